The quantitative estimate of drug-likeness (QED) is 0.243. The third-order valence-corrected chi connectivity index (χ3v) is 7.63. The minimum absolute atomic E-state index is 0.923. The van der Waals surface area contributed by atoms with Gasteiger partial charge in [-0.1, -0.05) is 103 Å². The Morgan fingerprint density at radius 1 is 0.395 bits per heavy atom. The van der Waals surface area contributed by atoms with Crippen LogP contribution in [0.1, 0.15) is 0 Å². The summed E-state index contributed by atoms with van der Waals surface area (Å²) < 4.78 is 8.42. The first-order valence-electron chi connectivity index (χ1n) is 12.9. The SMILES string of the molecule is c1ccc(-n2c3ccccc3c3ccccc32)c(-c2ccc(-c3ccc4oc5ccccc5c4c3)cc2)c1. The molecule has 2 heterocycles. The highest BCUT2D eigenvalue weighted by molar-refractivity contribution is 6.10. The second-order valence-corrected chi connectivity index (χ2v) is 9.77. The number of hydrogen-bond donors (Lipinski definition) is 0. The summed E-state index contributed by atoms with van der Waals surface area (Å²) in [6, 6.07) is 49.6. The number of aromatic nitrogens is 1. The average molecular weight is 486 g/mol. The van der Waals surface area contributed by atoms with Gasteiger partial charge in [0.05, 0.1) is 16.7 Å². The number of hydrogen-bond acceptors (Lipinski definition) is 1. The van der Waals surface area contributed by atoms with Gasteiger partial charge in [-0.15, -0.1) is 0 Å². The lowest BCUT2D eigenvalue weighted by atomic mass is 9.98. The van der Waals surface area contributed by atoms with Crippen LogP contribution in [0, 0.1) is 0 Å². The van der Waals surface area contributed by atoms with Crippen molar-refractivity contribution in [3.63, 3.8) is 0 Å². The van der Waals surface area contributed by atoms with Crippen LogP contribution in [-0.4, -0.2) is 4.57 Å². The molecule has 2 nitrogen and oxygen atoms in total. The summed E-state index contributed by atoms with van der Waals surface area (Å²) >= 11 is 0. The highest BCUT2D eigenvalue weighted by Crippen LogP contribution is 2.37. The van der Waals surface area contributed by atoms with E-state index in [1.807, 2.05) is 12.1 Å². The lowest BCUT2D eigenvalue weighted by Crippen LogP contribution is -1.96. The zero-order valence-electron chi connectivity index (χ0n) is 20.6. The highest BCUT2D eigenvalue weighted by Gasteiger charge is 2.15. The van der Waals surface area contributed by atoms with E-state index in [1.54, 1.807) is 0 Å². The smallest absolute Gasteiger partial charge is 0.135 e. The molecule has 0 aliphatic rings. The predicted octanol–water partition coefficient (Wildman–Crippen LogP) is 10.0. The van der Waals surface area contributed by atoms with E-state index in [9.17, 15) is 0 Å². The van der Waals surface area contributed by atoms with Crippen molar-refractivity contribution in [2.45, 2.75) is 0 Å². The first-order chi connectivity index (χ1) is 18.8. The lowest BCUT2D eigenvalue weighted by molar-refractivity contribution is 0.669. The standard InChI is InChI=1S/C36H23NO/c1-5-13-32(37-33-14-6-2-10-28(33)29-11-3-7-15-34(29)37)27(9-1)25-19-17-24(18-20-25)26-21-22-36-31(23-26)30-12-4-8-16-35(30)38-36/h1-23H. The number of fused-ring (bicyclic) bond motifs is 6. The van der Waals surface area contributed by atoms with Crippen LogP contribution >= 0.6 is 0 Å². The molecule has 0 aliphatic carbocycles. The third kappa shape index (κ3) is 3.14. The largest absolute Gasteiger partial charge is 0.456 e. The van der Waals surface area contributed by atoms with E-state index in [2.05, 4.69) is 132 Å². The van der Waals surface area contributed by atoms with E-state index in [4.69, 9.17) is 4.42 Å². The van der Waals surface area contributed by atoms with Crippen LogP contribution in [-0.2, 0) is 0 Å². The van der Waals surface area contributed by atoms with Crippen molar-refractivity contribution in [2.24, 2.45) is 0 Å². The topological polar surface area (TPSA) is 18.1 Å². The fraction of sp³-hybridized carbons (Fsp3) is 0. The first kappa shape index (κ1) is 21.0. The molecule has 0 fully saturated rings. The van der Waals surface area contributed by atoms with Crippen LogP contribution in [0.15, 0.2) is 144 Å². The van der Waals surface area contributed by atoms with E-state index in [0.717, 1.165) is 21.9 Å². The molecule has 178 valence electrons. The molecule has 0 saturated carbocycles. The number of nitrogens with zero attached hydrogens (tertiary/aromatic N) is 1. The number of furan rings is 1. The van der Waals surface area contributed by atoms with Gasteiger partial charge in [0.2, 0.25) is 0 Å². The molecule has 0 saturated heterocycles. The molecule has 0 unspecified atom stereocenters. The van der Waals surface area contributed by atoms with Gasteiger partial charge in [-0.05, 0) is 53.1 Å². The monoisotopic (exact) mass is 485 g/mol. The van der Waals surface area contributed by atoms with Gasteiger partial charge >= 0.3 is 0 Å². The van der Waals surface area contributed by atoms with Gasteiger partial charge < -0.3 is 8.98 Å². The molecule has 0 aliphatic heterocycles. The van der Waals surface area contributed by atoms with Crippen molar-refractivity contribution in [2.75, 3.05) is 0 Å². The zero-order valence-corrected chi connectivity index (χ0v) is 20.6. The molecule has 0 atom stereocenters. The van der Waals surface area contributed by atoms with Gasteiger partial charge in [-0.25, -0.2) is 0 Å². The van der Waals surface area contributed by atoms with Gasteiger partial charge in [0, 0.05) is 27.1 Å². The van der Waals surface area contributed by atoms with Crippen molar-refractivity contribution >= 4 is 43.7 Å². The van der Waals surface area contributed by atoms with Crippen molar-refractivity contribution < 1.29 is 4.42 Å². The van der Waals surface area contributed by atoms with Crippen LogP contribution in [0.4, 0.5) is 0 Å². The van der Waals surface area contributed by atoms with E-state index in [1.165, 1.54) is 49.7 Å². The highest BCUT2D eigenvalue weighted by atomic mass is 16.3. The van der Waals surface area contributed by atoms with E-state index in [0.29, 0.717) is 0 Å². The Morgan fingerprint density at radius 2 is 0.947 bits per heavy atom. The average Bonchev–Trinajstić information content (AvgIpc) is 3.53. The van der Waals surface area contributed by atoms with E-state index >= 15 is 0 Å². The maximum absolute atomic E-state index is 6.03. The summed E-state index contributed by atoms with van der Waals surface area (Å²) in [5.41, 5.74) is 10.3. The Kier molecular flexibility index (Phi) is 4.55. The Bertz CT molecular complexity index is 2070. The van der Waals surface area contributed by atoms with Crippen LogP contribution in [0.25, 0.3) is 71.7 Å². The lowest BCUT2D eigenvalue weighted by Gasteiger charge is -2.14. The van der Waals surface area contributed by atoms with Crippen LogP contribution in [0.2, 0.25) is 0 Å². The molecule has 0 radical (unpaired) electrons. The third-order valence-electron chi connectivity index (χ3n) is 7.63. The van der Waals surface area contributed by atoms with Crippen LogP contribution in [0.3, 0.4) is 0 Å². The molecular weight excluding hydrogens is 462 g/mol. The maximum atomic E-state index is 6.03. The summed E-state index contributed by atoms with van der Waals surface area (Å²) in [6.45, 7) is 0. The van der Waals surface area contributed by atoms with Gasteiger partial charge in [-0.2, -0.15) is 0 Å². The predicted molar refractivity (Wildman–Crippen MR) is 159 cm³/mol. The van der Waals surface area contributed by atoms with Crippen LogP contribution < -0.4 is 0 Å². The molecule has 38 heavy (non-hydrogen) atoms. The molecule has 0 spiro atoms. The summed E-state index contributed by atoms with van der Waals surface area (Å²) in [5, 5.41) is 4.85. The van der Waals surface area contributed by atoms with Crippen LogP contribution in [0.5, 0.6) is 0 Å². The molecule has 2 heteroatoms. The summed E-state index contributed by atoms with van der Waals surface area (Å²) in [5.74, 6) is 0. The maximum Gasteiger partial charge on any atom is 0.135 e. The molecule has 0 bridgehead atoms. The molecule has 0 amide bonds. The normalized spacial score (nSPS) is 11.7. The Morgan fingerprint density at radius 3 is 1.71 bits per heavy atom. The minimum atomic E-state index is 0.923. The second-order valence-electron chi connectivity index (χ2n) is 9.77. The van der Waals surface area contributed by atoms with Crippen molar-refractivity contribution in [3.05, 3.63) is 140 Å². The van der Waals surface area contributed by atoms with Gasteiger partial charge in [0.1, 0.15) is 11.2 Å². The summed E-state index contributed by atoms with van der Waals surface area (Å²) in [6.07, 6.45) is 0. The molecule has 2 aromatic heterocycles. The Labute approximate surface area is 220 Å². The Hall–Kier alpha value is -5.08. The summed E-state index contributed by atoms with van der Waals surface area (Å²) in [4.78, 5) is 0. The fourth-order valence-electron chi connectivity index (χ4n) is 5.84. The van der Waals surface area contributed by atoms with E-state index in [-0.39, 0.29) is 0 Å². The van der Waals surface area contributed by atoms with Gasteiger partial charge in [-0.3, -0.25) is 0 Å². The number of benzene rings is 6. The molecule has 6 aromatic carbocycles. The minimum Gasteiger partial charge on any atom is -0.456 e. The molecule has 8 aromatic rings. The van der Waals surface area contributed by atoms with Crippen molar-refractivity contribution in [3.8, 4) is 27.9 Å². The molecule has 8 rings (SSSR count). The molecular formula is C36H23NO. The van der Waals surface area contributed by atoms with Crippen molar-refractivity contribution in [1.29, 1.82) is 0 Å². The summed E-state index contributed by atoms with van der Waals surface area (Å²) in [7, 11) is 0. The zero-order chi connectivity index (χ0) is 25.1. The fourth-order valence-corrected chi connectivity index (χ4v) is 5.84. The Balaban J connectivity index is 1.26. The van der Waals surface area contributed by atoms with E-state index < -0.39 is 0 Å². The van der Waals surface area contributed by atoms with Crippen molar-refractivity contribution in [1.82, 2.24) is 4.57 Å². The van der Waals surface area contributed by atoms with Gasteiger partial charge in [0.25, 0.3) is 0 Å². The first-order valence-corrected chi connectivity index (χ1v) is 12.9. The number of rotatable bonds is 3. The van der Waals surface area contributed by atoms with Gasteiger partial charge in [0.15, 0.2) is 0 Å². The molecule has 0 N–H and O–H groups in total. The number of para-hydroxylation sites is 4. The second kappa shape index (κ2) is 8.22.